The van der Waals surface area contributed by atoms with Gasteiger partial charge in [0.05, 0.1) is 12.0 Å². The van der Waals surface area contributed by atoms with Crippen molar-refractivity contribution < 1.29 is 24.0 Å². The van der Waals surface area contributed by atoms with Gasteiger partial charge >= 0.3 is 17.7 Å². The van der Waals surface area contributed by atoms with Crippen LogP contribution < -0.4 is 0 Å². The van der Waals surface area contributed by atoms with Gasteiger partial charge in [-0.15, -0.1) is 0 Å². The van der Waals surface area contributed by atoms with Gasteiger partial charge in [0.1, 0.15) is 5.60 Å². The fraction of sp³-hybridized carbons (Fsp3) is 0.455. The monoisotopic (exact) mass is 270 g/mol. The number of methoxy groups -OCH3 is 1. The number of ether oxygens (including phenoxy) is 2. The second-order valence-electron chi connectivity index (χ2n) is 4.65. The Labute approximate surface area is 109 Å². The zero-order valence-corrected chi connectivity index (χ0v) is 11.0. The summed E-state index contributed by atoms with van der Waals surface area (Å²) in [4.78, 5) is 33.4. The molecule has 1 aromatic rings. The Morgan fingerprint density at radius 3 is 2.37 bits per heavy atom. The smallest absolute Gasteiger partial charge is 0.419 e. The molecule has 1 aromatic heterocycles. The Bertz CT molecular complexity index is 526. The third kappa shape index (κ3) is 3.30. The topological polar surface area (TPSA) is 101 Å². The van der Waals surface area contributed by atoms with E-state index in [0.717, 1.165) is 23.9 Å². The van der Waals surface area contributed by atoms with Crippen molar-refractivity contribution in [3.8, 4) is 0 Å². The van der Waals surface area contributed by atoms with E-state index in [2.05, 4.69) is 4.74 Å². The van der Waals surface area contributed by atoms with Crippen LogP contribution >= 0.6 is 0 Å². The van der Waals surface area contributed by atoms with Crippen LogP contribution in [0.2, 0.25) is 0 Å². The van der Waals surface area contributed by atoms with Gasteiger partial charge in [0.15, 0.2) is 0 Å². The van der Waals surface area contributed by atoms with Crippen LogP contribution in [-0.4, -0.2) is 34.3 Å². The van der Waals surface area contributed by atoms with Crippen molar-refractivity contribution in [2.24, 2.45) is 0 Å². The van der Waals surface area contributed by atoms with Gasteiger partial charge < -0.3 is 9.47 Å². The van der Waals surface area contributed by atoms with Crippen LogP contribution in [0.1, 0.15) is 31.3 Å². The van der Waals surface area contributed by atoms with Gasteiger partial charge in [-0.05, 0) is 20.8 Å². The number of carbonyl (C=O) groups is 2. The molecule has 0 fully saturated rings. The number of carbonyl (C=O) groups excluding carboxylic acids is 2. The maximum absolute atomic E-state index is 11.8. The largest absolute Gasteiger partial charge is 0.464 e. The van der Waals surface area contributed by atoms with Gasteiger partial charge in [0, 0.05) is 12.3 Å². The fourth-order valence-corrected chi connectivity index (χ4v) is 1.33. The Morgan fingerprint density at radius 2 is 1.95 bits per heavy atom. The van der Waals surface area contributed by atoms with E-state index in [1.165, 1.54) is 0 Å². The number of hydrogen-bond donors (Lipinski definition) is 0. The van der Waals surface area contributed by atoms with Gasteiger partial charge in [-0.2, -0.15) is 0 Å². The van der Waals surface area contributed by atoms with Crippen molar-refractivity contribution in [3.05, 3.63) is 28.1 Å². The summed E-state index contributed by atoms with van der Waals surface area (Å²) in [5.74, 6) is -0.984. The van der Waals surface area contributed by atoms with Crippen LogP contribution in [0.15, 0.2) is 12.3 Å². The van der Waals surface area contributed by atoms with Crippen LogP contribution in [0.25, 0.3) is 0 Å². The molecule has 0 bridgehead atoms. The van der Waals surface area contributed by atoms with E-state index >= 15 is 0 Å². The van der Waals surface area contributed by atoms with Crippen molar-refractivity contribution in [2.45, 2.75) is 26.4 Å². The molecule has 0 N–H and O–H groups in total. The molecule has 1 heterocycles. The zero-order valence-electron chi connectivity index (χ0n) is 11.0. The van der Waals surface area contributed by atoms with E-state index in [-0.39, 0.29) is 0 Å². The zero-order chi connectivity index (χ0) is 14.8. The highest BCUT2D eigenvalue weighted by Gasteiger charge is 2.30. The summed E-state index contributed by atoms with van der Waals surface area (Å²) in [5, 5.41) is 10.8. The molecule has 1 rings (SSSR count). The minimum atomic E-state index is -0.984. The maximum Gasteiger partial charge on any atom is 0.419 e. The summed E-state index contributed by atoms with van der Waals surface area (Å²) in [6, 6.07) is 1.04. The third-order valence-electron chi connectivity index (χ3n) is 2.03. The molecule has 0 unspecified atom stereocenters. The Kier molecular flexibility index (Phi) is 3.93. The van der Waals surface area contributed by atoms with Crippen molar-refractivity contribution in [1.29, 1.82) is 0 Å². The van der Waals surface area contributed by atoms with E-state index in [9.17, 15) is 19.7 Å². The average Bonchev–Trinajstić information content (AvgIpc) is 2.70. The highest BCUT2D eigenvalue weighted by Crippen LogP contribution is 2.22. The number of esters is 1. The summed E-state index contributed by atoms with van der Waals surface area (Å²) in [7, 11) is 1.07. The molecular weight excluding hydrogens is 256 g/mol. The first kappa shape index (κ1) is 14.7. The highest BCUT2D eigenvalue weighted by molar-refractivity contribution is 5.96. The van der Waals surface area contributed by atoms with Gasteiger partial charge in [-0.25, -0.2) is 14.2 Å². The molecular formula is C11H14N2O6. The standard InChI is InChI=1S/C11H14N2O6/c1-11(2,3)19-10(15)12-6-5-7(13(16)17)8(12)9(14)18-4/h5-6H,1-4H3. The molecule has 0 aliphatic rings. The van der Waals surface area contributed by atoms with E-state index in [0.29, 0.717) is 0 Å². The molecule has 0 aromatic carbocycles. The third-order valence-corrected chi connectivity index (χ3v) is 2.03. The predicted molar refractivity (Wildman–Crippen MR) is 64.1 cm³/mol. The lowest BCUT2D eigenvalue weighted by Crippen LogP contribution is -2.28. The first-order valence-corrected chi connectivity index (χ1v) is 5.35. The minimum Gasteiger partial charge on any atom is -0.464 e. The van der Waals surface area contributed by atoms with Crippen molar-refractivity contribution in [1.82, 2.24) is 4.57 Å². The Balaban J connectivity index is 3.25. The molecule has 0 spiro atoms. The number of nitrogens with zero attached hydrogens (tertiary/aromatic N) is 2. The number of nitro groups is 1. The van der Waals surface area contributed by atoms with E-state index in [1.54, 1.807) is 20.8 Å². The SMILES string of the molecule is COC(=O)c1c([N+](=O)[O-])ccn1C(=O)OC(C)(C)C. The van der Waals surface area contributed by atoms with Crippen molar-refractivity contribution >= 4 is 17.7 Å². The van der Waals surface area contributed by atoms with Crippen LogP contribution in [0.4, 0.5) is 10.5 Å². The fourth-order valence-electron chi connectivity index (χ4n) is 1.33. The van der Waals surface area contributed by atoms with E-state index in [1.807, 2.05) is 0 Å². The second kappa shape index (κ2) is 5.09. The quantitative estimate of drug-likeness (QED) is 0.462. The molecule has 104 valence electrons. The Hall–Kier alpha value is -2.38. The van der Waals surface area contributed by atoms with E-state index in [4.69, 9.17) is 4.74 Å². The Morgan fingerprint density at radius 1 is 1.37 bits per heavy atom. The number of rotatable bonds is 2. The molecule has 8 nitrogen and oxygen atoms in total. The maximum atomic E-state index is 11.8. The lowest BCUT2D eigenvalue weighted by Gasteiger charge is -2.19. The summed E-state index contributed by atoms with van der Waals surface area (Å²) in [6.07, 6.45) is 0.208. The van der Waals surface area contributed by atoms with Crippen molar-refractivity contribution in [2.75, 3.05) is 7.11 Å². The summed E-state index contributed by atoms with van der Waals surface area (Å²) >= 11 is 0. The summed E-state index contributed by atoms with van der Waals surface area (Å²) in [6.45, 7) is 4.92. The number of aromatic nitrogens is 1. The lowest BCUT2D eigenvalue weighted by atomic mass is 10.2. The molecule has 0 saturated heterocycles. The van der Waals surface area contributed by atoms with E-state index < -0.39 is 34.0 Å². The predicted octanol–water partition coefficient (Wildman–Crippen LogP) is 1.97. The molecule has 8 heteroatoms. The minimum absolute atomic E-state index is 0.471. The molecule has 19 heavy (non-hydrogen) atoms. The molecule has 0 amide bonds. The molecule has 0 saturated carbocycles. The first-order chi connectivity index (χ1) is 8.67. The van der Waals surface area contributed by atoms with Crippen LogP contribution in [0.5, 0.6) is 0 Å². The first-order valence-electron chi connectivity index (χ1n) is 5.35. The highest BCUT2D eigenvalue weighted by atomic mass is 16.6. The van der Waals surface area contributed by atoms with Gasteiger partial charge in [-0.1, -0.05) is 0 Å². The molecule has 0 radical (unpaired) electrons. The lowest BCUT2D eigenvalue weighted by molar-refractivity contribution is -0.385. The number of hydrogen-bond acceptors (Lipinski definition) is 6. The van der Waals surface area contributed by atoms with Crippen LogP contribution in [0, 0.1) is 10.1 Å². The molecule has 0 aliphatic carbocycles. The van der Waals surface area contributed by atoms with Gasteiger partial charge in [-0.3, -0.25) is 10.1 Å². The average molecular weight is 270 g/mol. The van der Waals surface area contributed by atoms with Crippen molar-refractivity contribution in [3.63, 3.8) is 0 Å². The second-order valence-corrected chi connectivity index (χ2v) is 4.65. The van der Waals surface area contributed by atoms with Gasteiger partial charge in [0.2, 0.25) is 5.69 Å². The molecule has 0 aliphatic heterocycles. The van der Waals surface area contributed by atoms with Crippen LogP contribution in [-0.2, 0) is 9.47 Å². The summed E-state index contributed by atoms with van der Waals surface area (Å²) in [5.41, 5.74) is -1.77. The normalized spacial score (nSPS) is 10.9. The van der Waals surface area contributed by atoms with Gasteiger partial charge in [0.25, 0.3) is 0 Å². The van der Waals surface area contributed by atoms with Crippen LogP contribution in [0.3, 0.4) is 0 Å². The molecule has 0 atom stereocenters. The summed E-state index contributed by atoms with van der Waals surface area (Å²) < 4.78 is 10.2.